The average molecular weight is 435 g/mol. The van der Waals surface area contributed by atoms with E-state index in [2.05, 4.69) is 20.5 Å². The second-order valence-corrected chi connectivity index (χ2v) is 8.58. The molecular weight excluding hydrogens is 408 g/mol. The van der Waals surface area contributed by atoms with Crippen LogP contribution < -0.4 is 15.5 Å². The lowest BCUT2D eigenvalue weighted by atomic mass is 10.0. The number of pyridine rings is 1. The van der Waals surface area contributed by atoms with Gasteiger partial charge in [-0.25, -0.2) is 4.98 Å². The minimum absolute atomic E-state index is 0.246. The molecule has 1 saturated heterocycles. The highest BCUT2D eigenvalue weighted by atomic mass is 32.1. The molecule has 6 nitrogen and oxygen atoms in total. The third kappa shape index (κ3) is 5.70. The van der Waals surface area contributed by atoms with Gasteiger partial charge in [-0.2, -0.15) is 0 Å². The number of aromatic nitrogens is 1. The van der Waals surface area contributed by atoms with Gasteiger partial charge in [-0.3, -0.25) is 9.59 Å². The molecule has 2 N–H and O–H groups in total. The van der Waals surface area contributed by atoms with Crippen LogP contribution in [0.3, 0.4) is 0 Å². The van der Waals surface area contributed by atoms with Gasteiger partial charge >= 0.3 is 0 Å². The van der Waals surface area contributed by atoms with E-state index in [1.165, 1.54) is 30.6 Å². The number of nitrogens with one attached hydrogen (secondary N) is 2. The van der Waals surface area contributed by atoms with Crippen molar-refractivity contribution in [1.29, 1.82) is 0 Å². The molecule has 0 bridgehead atoms. The van der Waals surface area contributed by atoms with Crippen molar-refractivity contribution in [3.63, 3.8) is 0 Å². The predicted molar refractivity (Wildman–Crippen MR) is 125 cm³/mol. The first-order valence-electron chi connectivity index (χ1n) is 10.6. The molecule has 160 valence electrons. The Morgan fingerprint density at radius 1 is 1.00 bits per heavy atom. The zero-order valence-electron chi connectivity index (χ0n) is 17.3. The summed E-state index contributed by atoms with van der Waals surface area (Å²) >= 11 is 1.35. The Bertz CT molecular complexity index is 984. The number of hydrogen-bond acceptors (Lipinski definition) is 5. The zero-order valence-corrected chi connectivity index (χ0v) is 18.1. The van der Waals surface area contributed by atoms with Crippen LogP contribution in [0.5, 0.6) is 0 Å². The fourth-order valence-electron chi connectivity index (χ4n) is 3.70. The van der Waals surface area contributed by atoms with Gasteiger partial charge in [-0.1, -0.05) is 36.4 Å². The van der Waals surface area contributed by atoms with Crippen molar-refractivity contribution in [2.75, 3.05) is 23.3 Å². The molecule has 0 aliphatic carbocycles. The Hall–Kier alpha value is -3.19. The number of rotatable bonds is 7. The van der Waals surface area contributed by atoms with Crippen LogP contribution in [0.15, 0.2) is 66.2 Å². The number of benzene rings is 1. The highest BCUT2D eigenvalue weighted by Gasteiger charge is 2.23. The number of nitrogens with zero attached hydrogens (tertiary/aromatic N) is 2. The molecule has 0 saturated carbocycles. The molecule has 31 heavy (non-hydrogen) atoms. The molecule has 3 aromatic rings. The lowest BCUT2D eigenvalue weighted by Crippen LogP contribution is -2.45. The van der Waals surface area contributed by atoms with Crippen molar-refractivity contribution in [3.8, 4) is 0 Å². The molecule has 1 aliphatic rings. The van der Waals surface area contributed by atoms with Gasteiger partial charge in [0.25, 0.3) is 5.91 Å². The van der Waals surface area contributed by atoms with Gasteiger partial charge in [0.2, 0.25) is 5.91 Å². The molecule has 0 spiro atoms. The van der Waals surface area contributed by atoms with Crippen molar-refractivity contribution in [3.05, 3.63) is 76.6 Å². The molecule has 2 aromatic heterocycles. The van der Waals surface area contributed by atoms with Crippen LogP contribution in [-0.4, -0.2) is 35.9 Å². The Morgan fingerprint density at radius 3 is 2.48 bits per heavy atom. The van der Waals surface area contributed by atoms with Crippen molar-refractivity contribution >= 4 is 34.7 Å². The van der Waals surface area contributed by atoms with Gasteiger partial charge in [0.05, 0.1) is 16.8 Å². The van der Waals surface area contributed by atoms with E-state index in [0.717, 1.165) is 24.5 Å². The van der Waals surface area contributed by atoms with Crippen LogP contribution in [0.25, 0.3) is 0 Å². The van der Waals surface area contributed by atoms with E-state index in [9.17, 15) is 9.59 Å². The van der Waals surface area contributed by atoms with Gasteiger partial charge in [-0.15, -0.1) is 11.3 Å². The largest absolute Gasteiger partial charge is 0.357 e. The lowest BCUT2D eigenvalue weighted by molar-refractivity contribution is -0.118. The number of piperidine rings is 1. The smallest absolute Gasteiger partial charge is 0.262 e. The van der Waals surface area contributed by atoms with Gasteiger partial charge in [0.1, 0.15) is 11.9 Å². The fraction of sp³-hybridized carbons (Fsp3) is 0.292. The fourth-order valence-corrected chi connectivity index (χ4v) is 4.32. The standard InChI is InChI=1S/C24H26N4O2S/c29-23(26-19-11-12-22(25-17-19)28-13-5-2-6-14-28)20(16-18-8-3-1-4-9-18)27-24(30)21-10-7-15-31-21/h1,3-4,7-12,15,17,20H,2,5-6,13-14,16H2,(H,26,29)(H,27,30). The van der Waals surface area contributed by atoms with E-state index in [1.54, 1.807) is 12.3 Å². The van der Waals surface area contributed by atoms with Gasteiger partial charge in [-0.05, 0) is 48.4 Å². The normalized spacial score (nSPS) is 14.6. The minimum Gasteiger partial charge on any atom is -0.357 e. The number of carbonyl (C=O) groups excluding carboxylic acids is 2. The number of hydrogen-bond donors (Lipinski definition) is 2. The Labute approximate surface area is 186 Å². The van der Waals surface area contributed by atoms with Crippen LogP contribution in [0, 0.1) is 0 Å². The van der Waals surface area contributed by atoms with E-state index in [-0.39, 0.29) is 11.8 Å². The van der Waals surface area contributed by atoms with E-state index in [1.807, 2.05) is 53.9 Å². The second-order valence-electron chi connectivity index (χ2n) is 7.64. The molecule has 7 heteroatoms. The summed E-state index contributed by atoms with van der Waals surface area (Å²) < 4.78 is 0. The van der Waals surface area contributed by atoms with Crippen LogP contribution in [0.2, 0.25) is 0 Å². The molecule has 1 atom stereocenters. The molecular formula is C24H26N4O2S. The van der Waals surface area contributed by atoms with Crippen molar-refractivity contribution in [1.82, 2.24) is 10.3 Å². The van der Waals surface area contributed by atoms with Crippen molar-refractivity contribution in [2.24, 2.45) is 0 Å². The molecule has 2 amide bonds. The van der Waals surface area contributed by atoms with Gasteiger partial charge in [0, 0.05) is 19.5 Å². The minimum atomic E-state index is -0.696. The predicted octanol–water partition coefficient (Wildman–Crippen LogP) is 4.11. The molecule has 0 radical (unpaired) electrons. The van der Waals surface area contributed by atoms with Crippen molar-refractivity contribution < 1.29 is 9.59 Å². The third-order valence-electron chi connectivity index (χ3n) is 5.34. The lowest BCUT2D eigenvalue weighted by Gasteiger charge is -2.27. The van der Waals surface area contributed by atoms with Crippen LogP contribution >= 0.6 is 11.3 Å². The third-order valence-corrected chi connectivity index (χ3v) is 6.21. The molecule has 1 aromatic carbocycles. The maximum absolute atomic E-state index is 13.0. The molecule has 3 heterocycles. The summed E-state index contributed by atoms with van der Waals surface area (Å²) in [6.07, 6.45) is 5.73. The van der Waals surface area contributed by atoms with E-state index < -0.39 is 6.04 Å². The number of anilines is 2. The SMILES string of the molecule is O=C(NC(Cc1ccccc1)C(=O)Nc1ccc(N2CCCCC2)nc1)c1cccs1. The second kappa shape index (κ2) is 10.2. The highest BCUT2D eigenvalue weighted by molar-refractivity contribution is 7.12. The summed E-state index contributed by atoms with van der Waals surface area (Å²) in [7, 11) is 0. The molecule has 1 fully saturated rings. The summed E-state index contributed by atoms with van der Waals surface area (Å²) in [5.41, 5.74) is 1.60. The topological polar surface area (TPSA) is 74.3 Å². The molecule has 1 unspecified atom stereocenters. The number of thiophene rings is 1. The summed E-state index contributed by atoms with van der Waals surface area (Å²) in [4.78, 5) is 33.0. The van der Waals surface area contributed by atoms with E-state index in [4.69, 9.17) is 0 Å². The zero-order chi connectivity index (χ0) is 21.5. The number of amides is 2. The Balaban J connectivity index is 1.44. The highest BCUT2D eigenvalue weighted by Crippen LogP contribution is 2.19. The monoisotopic (exact) mass is 434 g/mol. The van der Waals surface area contributed by atoms with Crippen molar-refractivity contribution in [2.45, 2.75) is 31.7 Å². The molecule has 1 aliphatic heterocycles. The maximum atomic E-state index is 13.0. The Morgan fingerprint density at radius 2 is 1.81 bits per heavy atom. The first-order chi connectivity index (χ1) is 15.2. The molecule has 4 rings (SSSR count). The summed E-state index contributed by atoms with van der Waals surface area (Å²) in [6, 6.07) is 16.4. The van der Waals surface area contributed by atoms with Crippen LogP contribution in [-0.2, 0) is 11.2 Å². The summed E-state index contributed by atoms with van der Waals surface area (Å²) in [5, 5.41) is 7.64. The maximum Gasteiger partial charge on any atom is 0.262 e. The first-order valence-corrected chi connectivity index (χ1v) is 11.5. The van der Waals surface area contributed by atoms with Gasteiger partial charge < -0.3 is 15.5 Å². The summed E-state index contributed by atoms with van der Waals surface area (Å²) in [6.45, 7) is 2.04. The average Bonchev–Trinajstić information content (AvgIpc) is 3.36. The quantitative estimate of drug-likeness (QED) is 0.587. The van der Waals surface area contributed by atoms with Crippen LogP contribution in [0.1, 0.15) is 34.5 Å². The van der Waals surface area contributed by atoms with Crippen LogP contribution in [0.4, 0.5) is 11.5 Å². The van der Waals surface area contributed by atoms with E-state index in [0.29, 0.717) is 17.0 Å². The number of carbonyl (C=O) groups is 2. The van der Waals surface area contributed by atoms with Gasteiger partial charge in [0.15, 0.2) is 0 Å². The Kier molecular flexibility index (Phi) is 6.94. The van der Waals surface area contributed by atoms with E-state index >= 15 is 0 Å². The summed E-state index contributed by atoms with van der Waals surface area (Å²) in [5.74, 6) is 0.426. The first kappa shape index (κ1) is 21.1.